The zero-order valence-corrected chi connectivity index (χ0v) is 45.2. The van der Waals surface area contributed by atoms with Gasteiger partial charge in [-0.3, -0.25) is 0 Å². The number of aliphatic imine (C=N–C) groups is 1. The smallest absolute Gasteiger partial charge is 0.349 e. The summed E-state index contributed by atoms with van der Waals surface area (Å²) in [5.41, 5.74) is 5.96. The van der Waals surface area contributed by atoms with Crippen LogP contribution < -0.4 is 24.9 Å². The highest BCUT2D eigenvalue weighted by Gasteiger charge is 2.26. The van der Waals surface area contributed by atoms with Crippen molar-refractivity contribution in [2.75, 3.05) is 49.2 Å². The minimum atomic E-state index is -4.04. The second kappa shape index (κ2) is 25.4. The van der Waals surface area contributed by atoms with E-state index in [0.717, 1.165) is 67.0 Å². The van der Waals surface area contributed by atoms with E-state index in [0.29, 0.717) is 52.3 Å². The molecule has 0 amide bonds. The Balaban J connectivity index is 0.994. The number of anilines is 2. The lowest BCUT2D eigenvalue weighted by molar-refractivity contribution is 0.345. The molecule has 0 aliphatic carbocycles. The van der Waals surface area contributed by atoms with Gasteiger partial charge in [-0.2, -0.15) is 0 Å². The van der Waals surface area contributed by atoms with Crippen LogP contribution >= 0.6 is 0 Å². The first-order chi connectivity index (χ1) is 35.5. The highest BCUT2D eigenvalue weighted by atomic mass is 32.2. The van der Waals surface area contributed by atoms with Gasteiger partial charge in [0.1, 0.15) is 47.1 Å². The molecule has 2 aromatic heterocycles. The van der Waals surface area contributed by atoms with Crippen LogP contribution in [0.1, 0.15) is 150 Å². The molecule has 0 fully saturated rings. The molecule has 390 valence electrons. The van der Waals surface area contributed by atoms with E-state index >= 15 is 0 Å². The summed E-state index contributed by atoms with van der Waals surface area (Å²) in [6.45, 7) is 18.2. The number of aromatic nitrogens is 1. The van der Waals surface area contributed by atoms with Crippen LogP contribution in [0.2, 0.25) is 0 Å². The van der Waals surface area contributed by atoms with Crippen molar-refractivity contribution in [1.29, 1.82) is 0 Å². The summed E-state index contributed by atoms with van der Waals surface area (Å²) in [4.78, 5) is 28.3. The lowest BCUT2D eigenvalue weighted by Crippen LogP contribution is -2.30. The van der Waals surface area contributed by atoms with E-state index in [-0.39, 0.29) is 27.9 Å². The van der Waals surface area contributed by atoms with Gasteiger partial charge >= 0.3 is 5.63 Å². The molecule has 11 nitrogen and oxygen atoms in total. The Labute approximate surface area is 434 Å². The molecule has 2 unspecified atom stereocenters. The second-order valence-electron chi connectivity index (χ2n) is 20.3. The number of hydrogen-bond donors (Lipinski definition) is 0. The fourth-order valence-corrected chi connectivity index (χ4v) is 11.5. The van der Waals surface area contributed by atoms with Gasteiger partial charge in [-0.15, -0.1) is 0 Å². The SMILES string of the molecule is CCCCCCN(CC(CC)CCCC)c1ccc2c(c1)OCC(C1=Nc3cc(S(=O)(=O)c4ccc5oc(-c6cc7ccc(N(CCCCCC)CC(CC)CCCC)cc7oc6=O)nc5c4)ccc3OC1)=C2. The Morgan fingerprint density at radius 2 is 1.23 bits per heavy atom. The van der Waals surface area contributed by atoms with E-state index < -0.39 is 15.5 Å². The first kappa shape index (κ1) is 53.4. The summed E-state index contributed by atoms with van der Waals surface area (Å²) in [6, 6.07) is 23.6. The first-order valence-corrected chi connectivity index (χ1v) is 29.1. The van der Waals surface area contributed by atoms with Crippen LogP contribution in [-0.2, 0) is 9.84 Å². The van der Waals surface area contributed by atoms with Crippen LogP contribution in [0.5, 0.6) is 11.5 Å². The van der Waals surface area contributed by atoms with Crippen LogP contribution in [0.15, 0.2) is 113 Å². The van der Waals surface area contributed by atoms with Crippen LogP contribution in [0.3, 0.4) is 0 Å². The third-order valence-corrected chi connectivity index (χ3v) is 16.6. The van der Waals surface area contributed by atoms with E-state index in [9.17, 15) is 13.2 Å². The van der Waals surface area contributed by atoms with Gasteiger partial charge in [-0.25, -0.2) is 23.2 Å². The number of hydrogen-bond acceptors (Lipinski definition) is 11. The molecule has 2 aliphatic rings. The predicted octanol–water partition coefficient (Wildman–Crippen LogP) is 15.6. The van der Waals surface area contributed by atoms with Gasteiger partial charge in [0, 0.05) is 66.2 Å². The maximum Gasteiger partial charge on any atom is 0.349 e. The molecule has 0 spiro atoms. The third-order valence-electron chi connectivity index (χ3n) is 14.9. The van der Waals surface area contributed by atoms with Crippen molar-refractivity contribution in [2.24, 2.45) is 16.8 Å². The van der Waals surface area contributed by atoms with E-state index in [1.807, 2.05) is 12.1 Å². The maximum absolute atomic E-state index is 14.3. The fraction of sp³-hybridized carbons (Fsp3) is 0.492. The van der Waals surface area contributed by atoms with Crippen molar-refractivity contribution in [1.82, 2.24) is 4.98 Å². The van der Waals surface area contributed by atoms with Crippen molar-refractivity contribution < 1.29 is 26.7 Å². The molecular formula is C61H78N4O7S. The summed E-state index contributed by atoms with van der Waals surface area (Å²) in [6.07, 6.45) is 21.3. The Hall–Kier alpha value is -5.88. The van der Waals surface area contributed by atoms with E-state index in [1.54, 1.807) is 24.3 Å². The van der Waals surface area contributed by atoms with Gasteiger partial charge in [0.2, 0.25) is 15.7 Å². The van der Waals surface area contributed by atoms with Gasteiger partial charge in [0.05, 0.1) is 15.5 Å². The molecule has 12 heteroatoms. The monoisotopic (exact) mass is 1010 g/mol. The summed E-state index contributed by atoms with van der Waals surface area (Å²) in [5, 5.41) is 0.745. The highest BCUT2D eigenvalue weighted by molar-refractivity contribution is 7.91. The molecule has 0 bridgehead atoms. The second-order valence-corrected chi connectivity index (χ2v) is 22.3. The summed E-state index contributed by atoms with van der Waals surface area (Å²) in [7, 11) is -4.04. The number of nitrogens with zero attached hydrogens (tertiary/aromatic N) is 4. The first-order valence-electron chi connectivity index (χ1n) is 27.6. The number of unbranched alkanes of at least 4 members (excludes halogenated alkanes) is 8. The van der Waals surface area contributed by atoms with Gasteiger partial charge in [0.15, 0.2) is 5.58 Å². The van der Waals surface area contributed by atoms with Crippen LogP contribution in [0, 0.1) is 11.8 Å². The van der Waals surface area contributed by atoms with Gasteiger partial charge in [-0.05, 0) is 110 Å². The topological polar surface area (TPSA) is 128 Å². The van der Waals surface area contributed by atoms with E-state index in [4.69, 9.17) is 23.3 Å². The molecule has 73 heavy (non-hydrogen) atoms. The molecular weight excluding hydrogens is 933 g/mol. The largest absolute Gasteiger partial charge is 0.488 e. The molecule has 0 N–H and O–H groups in total. The van der Waals surface area contributed by atoms with Crippen LogP contribution in [0.4, 0.5) is 17.1 Å². The zero-order chi connectivity index (χ0) is 51.3. The Bertz CT molecular complexity index is 3040. The number of oxazole rings is 1. The summed E-state index contributed by atoms with van der Waals surface area (Å²) >= 11 is 0. The molecule has 2 aliphatic heterocycles. The number of ether oxygens (including phenoxy) is 2. The quantitative estimate of drug-likeness (QED) is 0.0346. The molecule has 0 saturated carbocycles. The van der Waals surface area contributed by atoms with Gasteiger partial charge in [0.25, 0.3) is 0 Å². The molecule has 4 heterocycles. The average molecular weight is 1010 g/mol. The third kappa shape index (κ3) is 13.1. The number of fused-ring (bicyclic) bond motifs is 4. The minimum absolute atomic E-state index is 0.0307. The lowest BCUT2D eigenvalue weighted by atomic mass is 9.97. The van der Waals surface area contributed by atoms with Crippen molar-refractivity contribution in [3.63, 3.8) is 0 Å². The number of benzene rings is 4. The minimum Gasteiger partial charge on any atom is -0.488 e. The normalized spacial score (nSPS) is 14.2. The van der Waals surface area contributed by atoms with Crippen LogP contribution in [0.25, 0.3) is 39.6 Å². The molecule has 0 saturated heterocycles. The van der Waals surface area contributed by atoms with Gasteiger partial charge < -0.3 is 28.1 Å². The van der Waals surface area contributed by atoms with E-state index in [2.05, 4.69) is 86.7 Å². The number of rotatable bonds is 28. The van der Waals surface area contributed by atoms with Gasteiger partial charge in [-0.1, -0.05) is 119 Å². The molecule has 2 atom stereocenters. The standard InChI is InChI=1S/C61H78N4O7S/c1-7-13-17-19-31-64(39-43(11-5)21-15-9-3)48-25-23-45-33-47(41-69-58(45)35-48)55-42-70-56-29-27-50(37-53(56)62-55)73(67,68)51-28-30-57-54(38-51)63-60(71-57)52-34-46-24-26-49(36-59(46)72-61(52)66)65(32-20-18-14-8-2)40-44(12-6)22-16-10-4/h23-30,33-38,43-44H,7-22,31-32,39-42H2,1-6H3. The average Bonchev–Trinajstić information content (AvgIpc) is 3.85. The zero-order valence-electron chi connectivity index (χ0n) is 44.3. The van der Waals surface area contributed by atoms with Crippen molar-refractivity contribution in [3.05, 3.63) is 100 Å². The molecule has 4 aromatic carbocycles. The molecule has 8 rings (SSSR count). The maximum atomic E-state index is 14.3. The Kier molecular flexibility index (Phi) is 18.6. The van der Waals surface area contributed by atoms with Crippen molar-refractivity contribution in [2.45, 2.75) is 154 Å². The predicted molar refractivity (Wildman–Crippen MR) is 299 cm³/mol. The summed E-state index contributed by atoms with van der Waals surface area (Å²) < 4.78 is 53.2. The number of sulfone groups is 1. The lowest BCUT2D eigenvalue weighted by Gasteiger charge is -2.30. The summed E-state index contributed by atoms with van der Waals surface area (Å²) in [5.74, 6) is 2.67. The van der Waals surface area contributed by atoms with Crippen molar-refractivity contribution in [3.8, 4) is 23.0 Å². The van der Waals surface area contributed by atoms with E-state index in [1.165, 1.54) is 114 Å². The Morgan fingerprint density at radius 1 is 0.603 bits per heavy atom. The molecule has 0 radical (unpaired) electrons. The van der Waals surface area contributed by atoms with Crippen molar-refractivity contribution >= 4 is 60.8 Å². The Morgan fingerprint density at radius 3 is 1.90 bits per heavy atom. The highest BCUT2D eigenvalue weighted by Crippen LogP contribution is 2.39. The molecule has 6 aromatic rings. The fourth-order valence-electron chi connectivity index (χ4n) is 10.2. The van der Waals surface area contributed by atoms with Crippen LogP contribution in [-0.4, -0.2) is 58.5 Å².